The summed E-state index contributed by atoms with van der Waals surface area (Å²) < 4.78 is 1.69. The second-order valence-corrected chi connectivity index (χ2v) is 6.25. The van der Waals surface area contributed by atoms with E-state index in [9.17, 15) is 4.79 Å². The highest BCUT2D eigenvalue weighted by Crippen LogP contribution is 2.46. The number of rotatable bonds is 3. The Kier molecular flexibility index (Phi) is 3.46. The van der Waals surface area contributed by atoms with Crippen molar-refractivity contribution in [3.8, 4) is 0 Å². The van der Waals surface area contributed by atoms with E-state index < -0.39 is 0 Å². The summed E-state index contributed by atoms with van der Waals surface area (Å²) in [6.45, 7) is 1.88. The zero-order valence-electron chi connectivity index (χ0n) is 11.8. The second kappa shape index (κ2) is 5.04. The number of hydrogen-bond acceptors (Lipinski definition) is 2. The van der Waals surface area contributed by atoms with Gasteiger partial charge in [0.25, 0.3) is 5.91 Å². The molecule has 21 heavy (non-hydrogen) atoms. The average Bonchev–Trinajstić information content (AvgIpc) is 3.14. The summed E-state index contributed by atoms with van der Waals surface area (Å²) in [5.41, 5.74) is 2.11. The Bertz CT molecular complexity index is 720. The van der Waals surface area contributed by atoms with Crippen LogP contribution in [0.1, 0.15) is 34.5 Å². The fourth-order valence-electron chi connectivity index (χ4n) is 2.41. The predicted molar refractivity (Wildman–Crippen MR) is 82.8 cm³/mol. The molecular formula is C15H15Cl2N3O. The normalized spacial score (nSPS) is 15.8. The minimum absolute atomic E-state index is 0.107. The van der Waals surface area contributed by atoms with Crippen LogP contribution in [0.5, 0.6) is 0 Å². The maximum absolute atomic E-state index is 12.4. The number of carbonyl (C=O) groups excluding carboxylic acids is 1. The summed E-state index contributed by atoms with van der Waals surface area (Å²) in [5, 5.41) is 8.24. The Hall–Kier alpha value is -1.52. The van der Waals surface area contributed by atoms with Crippen LogP contribution in [0.2, 0.25) is 10.0 Å². The van der Waals surface area contributed by atoms with Crippen molar-refractivity contribution in [2.45, 2.75) is 25.3 Å². The van der Waals surface area contributed by atoms with E-state index in [4.69, 9.17) is 23.2 Å². The van der Waals surface area contributed by atoms with E-state index in [1.54, 1.807) is 16.9 Å². The van der Waals surface area contributed by atoms with Crippen molar-refractivity contribution in [3.63, 3.8) is 0 Å². The molecular weight excluding hydrogens is 309 g/mol. The molecule has 1 aromatic heterocycles. The lowest BCUT2D eigenvalue weighted by Gasteiger charge is -2.18. The van der Waals surface area contributed by atoms with E-state index in [-0.39, 0.29) is 11.4 Å². The van der Waals surface area contributed by atoms with Gasteiger partial charge in [0.2, 0.25) is 0 Å². The monoisotopic (exact) mass is 323 g/mol. The summed E-state index contributed by atoms with van der Waals surface area (Å²) in [4.78, 5) is 12.4. The van der Waals surface area contributed by atoms with Crippen molar-refractivity contribution < 1.29 is 4.79 Å². The highest BCUT2D eigenvalue weighted by molar-refractivity contribution is 6.42. The Morgan fingerprint density at radius 2 is 2.05 bits per heavy atom. The molecule has 1 aromatic carbocycles. The van der Waals surface area contributed by atoms with Crippen LogP contribution in [-0.4, -0.2) is 15.7 Å². The Balaban J connectivity index is 1.85. The average molecular weight is 324 g/mol. The molecule has 1 N–H and O–H groups in total. The largest absolute Gasteiger partial charge is 0.342 e. The molecule has 0 bridgehead atoms. The number of aromatic nitrogens is 2. The molecule has 1 heterocycles. The molecule has 1 saturated carbocycles. The lowest BCUT2D eigenvalue weighted by Crippen LogP contribution is -2.35. The summed E-state index contributed by atoms with van der Waals surface area (Å²) in [7, 11) is 1.82. The molecule has 3 rings (SSSR count). The lowest BCUT2D eigenvalue weighted by atomic mass is 10.0. The van der Waals surface area contributed by atoms with Gasteiger partial charge in [-0.1, -0.05) is 29.3 Å². The fourth-order valence-corrected chi connectivity index (χ4v) is 2.71. The number of aryl methyl sites for hydroxylation is 1. The fraction of sp³-hybridized carbons (Fsp3) is 0.333. The molecule has 1 aliphatic carbocycles. The van der Waals surface area contributed by atoms with Crippen molar-refractivity contribution in [1.82, 2.24) is 15.1 Å². The second-order valence-electron chi connectivity index (χ2n) is 5.43. The Morgan fingerprint density at radius 1 is 1.33 bits per heavy atom. The highest BCUT2D eigenvalue weighted by atomic mass is 35.5. The van der Waals surface area contributed by atoms with Crippen molar-refractivity contribution >= 4 is 29.1 Å². The van der Waals surface area contributed by atoms with Crippen molar-refractivity contribution in [3.05, 3.63) is 51.3 Å². The third kappa shape index (κ3) is 2.54. The van der Waals surface area contributed by atoms with Gasteiger partial charge in [-0.2, -0.15) is 5.10 Å². The van der Waals surface area contributed by atoms with Crippen molar-refractivity contribution in [2.24, 2.45) is 7.05 Å². The van der Waals surface area contributed by atoms with Gasteiger partial charge < -0.3 is 5.32 Å². The van der Waals surface area contributed by atoms with Crippen LogP contribution in [0.15, 0.2) is 24.4 Å². The third-order valence-electron chi connectivity index (χ3n) is 4.05. The molecule has 110 valence electrons. The Labute approximate surface area is 133 Å². The SMILES string of the molecule is Cc1c(C(=O)NC2(c3ccc(Cl)c(Cl)c3)CC2)cnn1C. The van der Waals surface area contributed by atoms with Gasteiger partial charge in [0, 0.05) is 12.7 Å². The molecule has 4 nitrogen and oxygen atoms in total. The van der Waals surface area contributed by atoms with Crippen LogP contribution in [-0.2, 0) is 12.6 Å². The molecule has 1 aliphatic rings. The van der Waals surface area contributed by atoms with E-state index in [0.717, 1.165) is 24.1 Å². The number of halogens is 2. The van der Waals surface area contributed by atoms with Gasteiger partial charge >= 0.3 is 0 Å². The summed E-state index contributed by atoms with van der Waals surface area (Å²) in [6.07, 6.45) is 3.39. The first-order chi connectivity index (χ1) is 9.93. The zero-order chi connectivity index (χ0) is 15.2. The number of nitrogens with zero attached hydrogens (tertiary/aromatic N) is 2. The zero-order valence-corrected chi connectivity index (χ0v) is 13.3. The maximum atomic E-state index is 12.4. The van der Waals surface area contributed by atoms with Crippen molar-refractivity contribution in [2.75, 3.05) is 0 Å². The molecule has 0 saturated heterocycles. The summed E-state index contributed by atoms with van der Waals surface area (Å²) in [5.74, 6) is -0.107. The van der Waals surface area contributed by atoms with Crippen molar-refractivity contribution in [1.29, 1.82) is 0 Å². The van der Waals surface area contributed by atoms with Crippen LogP contribution in [0.3, 0.4) is 0 Å². The minimum atomic E-state index is -0.326. The van der Waals surface area contributed by atoms with E-state index >= 15 is 0 Å². The quantitative estimate of drug-likeness (QED) is 0.940. The number of nitrogens with one attached hydrogen (secondary N) is 1. The minimum Gasteiger partial charge on any atom is -0.342 e. The van der Waals surface area contributed by atoms with Crippen LogP contribution in [0.4, 0.5) is 0 Å². The van der Waals surface area contributed by atoms with E-state index in [2.05, 4.69) is 10.4 Å². The number of amides is 1. The predicted octanol–water partition coefficient (Wildman–Crippen LogP) is 3.45. The first-order valence-corrected chi connectivity index (χ1v) is 7.45. The molecule has 6 heteroatoms. The standard InChI is InChI=1S/C15H15Cl2N3O/c1-9-11(8-18-20(9)2)14(21)19-15(5-6-15)10-3-4-12(16)13(17)7-10/h3-4,7-8H,5-6H2,1-2H3,(H,19,21). The number of benzene rings is 1. The highest BCUT2D eigenvalue weighted by Gasteiger charge is 2.46. The molecule has 1 amide bonds. The van der Waals surface area contributed by atoms with Gasteiger partial charge in [-0.3, -0.25) is 9.48 Å². The molecule has 0 radical (unpaired) electrons. The molecule has 1 fully saturated rings. The molecule has 0 atom stereocenters. The van der Waals surface area contributed by atoms with Gasteiger partial charge in [0.1, 0.15) is 0 Å². The van der Waals surface area contributed by atoms with E-state index in [1.165, 1.54) is 0 Å². The van der Waals surface area contributed by atoms with Crippen LogP contribution >= 0.6 is 23.2 Å². The third-order valence-corrected chi connectivity index (χ3v) is 4.79. The molecule has 0 unspecified atom stereocenters. The lowest BCUT2D eigenvalue weighted by molar-refractivity contribution is 0.0930. The number of hydrogen-bond donors (Lipinski definition) is 1. The first kappa shape index (κ1) is 14.4. The van der Waals surface area contributed by atoms with Gasteiger partial charge in [-0.25, -0.2) is 0 Å². The number of carbonyl (C=O) groups is 1. The van der Waals surface area contributed by atoms with Crippen LogP contribution in [0, 0.1) is 6.92 Å². The first-order valence-electron chi connectivity index (χ1n) is 6.69. The van der Waals surface area contributed by atoms with E-state index in [0.29, 0.717) is 15.6 Å². The maximum Gasteiger partial charge on any atom is 0.255 e. The summed E-state index contributed by atoms with van der Waals surface area (Å²) in [6, 6.07) is 5.51. The van der Waals surface area contributed by atoms with Gasteiger partial charge in [0.15, 0.2) is 0 Å². The van der Waals surface area contributed by atoms with Crippen LogP contribution < -0.4 is 5.32 Å². The Morgan fingerprint density at radius 3 is 2.57 bits per heavy atom. The topological polar surface area (TPSA) is 46.9 Å². The van der Waals surface area contributed by atoms with E-state index in [1.807, 2.05) is 26.1 Å². The smallest absolute Gasteiger partial charge is 0.255 e. The van der Waals surface area contributed by atoms with Crippen LogP contribution in [0.25, 0.3) is 0 Å². The van der Waals surface area contributed by atoms with Gasteiger partial charge in [-0.15, -0.1) is 0 Å². The van der Waals surface area contributed by atoms with Gasteiger partial charge in [-0.05, 0) is 37.5 Å². The molecule has 0 aliphatic heterocycles. The van der Waals surface area contributed by atoms with Gasteiger partial charge in [0.05, 0.1) is 27.3 Å². The molecule has 0 spiro atoms. The molecule has 2 aromatic rings. The summed E-state index contributed by atoms with van der Waals surface area (Å²) >= 11 is 12.0.